The number of nitrogen functional groups attached to an aromatic ring is 1. The Morgan fingerprint density at radius 1 is 1.23 bits per heavy atom. The molecule has 0 radical (unpaired) electrons. The van der Waals surface area contributed by atoms with Crippen molar-refractivity contribution >= 4 is 18.9 Å². The van der Waals surface area contributed by atoms with Gasteiger partial charge >= 0.3 is 7.12 Å². The molecule has 0 unspecified atom stereocenters. The number of hydrogen-bond acceptors (Lipinski definition) is 4. The number of halogens is 1. The SMILES string of the molecule is Cc1cc(F)cc(C=C(CN)B2OC(C)(C)C(C)(C)O2)c1N. The van der Waals surface area contributed by atoms with Crippen molar-refractivity contribution in [1.29, 1.82) is 0 Å². The highest BCUT2D eigenvalue weighted by molar-refractivity contribution is 6.56. The van der Waals surface area contributed by atoms with Gasteiger partial charge in [0.05, 0.1) is 11.2 Å². The van der Waals surface area contributed by atoms with Crippen molar-refractivity contribution < 1.29 is 13.7 Å². The zero-order chi connectivity index (χ0) is 16.7. The fraction of sp³-hybridized carbons (Fsp3) is 0.500. The van der Waals surface area contributed by atoms with Gasteiger partial charge in [-0.2, -0.15) is 0 Å². The van der Waals surface area contributed by atoms with Gasteiger partial charge in [-0.05, 0) is 63.4 Å². The van der Waals surface area contributed by atoms with Gasteiger partial charge in [-0.3, -0.25) is 0 Å². The Balaban J connectivity index is 2.38. The second kappa shape index (κ2) is 5.68. The van der Waals surface area contributed by atoms with Crippen LogP contribution < -0.4 is 11.5 Å². The molecule has 6 heteroatoms. The van der Waals surface area contributed by atoms with E-state index in [1.54, 1.807) is 13.0 Å². The molecule has 0 saturated carbocycles. The van der Waals surface area contributed by atoms with Crippen LogP contribution in [-0.4, -0.2) is 24.9 Å². The van der Waals surface area contributed by atoms with Crippen LogP contribution in [0.1, 0.15) is 38.8 Å². The first-order chi connectivity index (χ1) is 10.1. The number of benzene rings is 1. The maximum absolute atomic E-state index is 13.6. The zero-order valence-electron chi connectivity index (χ0n) is 13.9. The van der Waals surface area contributed by atoms with Crippen molar-refractivity contribution in [3.05, 3.63) is 34.5 Å². The number of aryl methyl sites for hydroxylation is 1. The molecule has 1 aliphatic heterocycles. The molecule has 1 fully saturated rings. The molecule has 1 aliphatic rings. The van der Waals surface area contributed by atoms with Gasteiger partial charge in [-0.15, -0.1) is 0 Å². The van der Waals surface area contributed by atoms with Crippen molar-refractivity contribution in [1.82, 2.24) is 0 Å². The third kappa shape index (κ3) is 3.04. The molecule has 0 aliphatic carbocycles. The molecule has 1 saturated heterocycles. The summed E-state index contributed by atoms with van der Waals surface area (Å²) in [6.45, 7) is 9.91. The maximum Gasteiger partial charge on any atom is 0.491 e. The summed E-state index contributed by atoms with van der Waals surface area (Å²) in [6, 6.07) is 2.80. The van der Waals surface area contributed by atoms with E-state index in [-0.39, 0.29) is 12.4 Å². The van der Waals surface area contributed by atoms with Gasteiger partial charge in [-0.25, -0.2) is 4.39 Å². The quantitative estimate of drug-likeness (QED) is 0.665. The van der Waals surface area contributed by atoms with E-state index in [4.69, 9.17) is 20.8 Å². The first-order valence-corrected chi connectivity index (χ1v) is 7.39. The molecule has 4 N–H and O–H groups in total. The molecule has 0 bridgehead atoms. The summed E-state index contributed by atoms with van der Waals surface area (Å²) in [7, 11) is -0.557. The fourth-order valence-corrected chi connectivity index (χ4v) is 2.32. The summed E-state index contributed by atoms with van der Waals surface area (Å²) in [5.41, 5.74) is 13.5. The second-order valence-corrected chi connectivity index (χ2v) is 6.74. The van der Waals surface area contributed by atoms with Crippen LogP contribution in [0.3, 0.4) is 0 Å². The minimum atomic E-state index is -0.557. The summed E-state index contributed by atoms with van der Waals surface area (Å²) in [4.78, 5) is 0. The van der Waals surface area contributed by atoms with E-state index in [1.165, 1.54) is 12.1 Å². The summed E-state index contributed by atoms with van der Waals surface area (Å²) >= 11 is 0. The third-order valence-corrected chi connectivity index (χ3v) is 4.52. The highest BCUT2D eigenvalue weighted by Crippen LogP contribution is 2.38. The summed E-state index contributed by atoms with van der Waals surface area (Å²) in [5.74, 6) is -0.330. The molecule has 22 heavy (non-hydrogen) atoms. The Kier molecular flexibility index (Phi) is 4.39. The molecule has 0 aromatic heterocycles. The van der Waals surface area contributed by atoms with Crippen LogP contribution in [-0.2, 0) is 9.31 Å². The van der Waals surface area contributed by atoms with Crippen molar-refractivity contribution in [2.45, 2.75) is 45.8 Å². The number of rotatable bonds is 3. The van der Waals surface area contributed by atoms with E-state index < -0.39 is 18.3 Å². The van der Waals surface area contributed by atoms with E-state index in [0.29, 0.717) is 16.8 Å². The van der Waals surface area contributed by atoms with Crippen LogP contribution in [0, 0.1) is 12.7 Å². The van der Waals surface area contributed by atoms with Gasteiger partial charge in [0.1, 0.15) is 5.82 Å². The van der Waals surface area contributed by atoms with Crippen LogP contribution >= 0.6 is 0 Å². The predicted octanol–water partition coefficient (Wildman–Crippen LogP) is 2.69. The highest BCUT2D eigenvalue weighted by Gasteiger charge is 2.52. The van der Waals surface area contributed by atoms with Gasteiger partial charge in [0.25, 0.3) is 0 Å². The Morgan fingerprint density at radius 3 is 2.27 bits per heavy atom. The van der Waals surface area contributed by atoms with E-state index in [0.717, 1.165) is 5.47 Å². The average Bonchev–Trinajstić information content (AvgIpc) is 2.60. The Bertz CT molecular complexity index is 598. The average molecular weight is 306 g/mol. The van der Waals surface area contributed by atoms with Crippen molar-refractivity contribution in [3.8, 4) is 0 Å². The van der Waals surface area contributed by atoms with Crippen LogP contribution in [0.25, 0.3) is 6.08 Å². The molecule has 1 heterocycles. The molecular formula is C16H24BFN2O2. The Morgan fingerprint density at radius 2 is 1.77 bits per heavy atom. The van der Waals surface area contributed by atoms with Gasteiger partial charge in [0, 0.05) is 12.2 Å². The van der Waals surface area contributed by atoms with Gasteiger partial charge in [-0.1, -0.05) is 6.08 Å². The zero-order valence-corrected chi connectivity index (χ0v) is 13.9. The fourth-order valence-electron chi connectivity index (χ4n) is 2.32. The maximum atomic E-state index is 13.6. The van der Waals surface area contributed by atoms with Gasteiger partial charge in [0.2, 0.25) is 0 Å². The first kappa shape index (κ1) is 17.0. The van der Waals surface area contributed by atoms with Crippen molar-refractivity contribution in [3.63, 3.8) is 0 Å². The Hall–Kier alpha value is -1.37. The molecule has 2 rings (SSSR count). The normalized spacial score (nSPS) is 20.5. The minimum Gasteiger partial charge on any atom is -0.400 e. The molecule has 0 atom stereocenters. The molecule has 1 aromatic rings. The van der Waals surface area contributed by atoms with E-state index in [2.05, 4.69) is 0 Å². The molecule has 0 amide bonds. The van der Waals surface area contributed by atoms with Crippen LogP contribution in [0.15, 0.2) is 17.6 Å². The number of anilines is 1. The van der Waals surface area contributed by atoms with Gasteiger partial charge < -0.3 is 20.8 Å². The number of nitrogens with two attached hydrogens (primary N) is 2. The smallest absolute Gasteiger partial charge is 0.400 e. The highest BCUT2D eigenvalue weighted by atomic mass is 19.1. The molecule has 1 aromatic carbocycles. The van der Waals surface area contributed by atoms with Crippen LogP contribution in [0.4, 0.5) is 10.1 Å². The number of hydrogen-bond donors (Lipinski definition) is 2. The first-order valence-electron chi connectivity index (χ1n) is 7.39. The topological polar surface area (TPSA) is 70.5 Å². The molecule has 4 nitrogen and oxygen atoms in total. The summed E-state index contributed by atoms with van der Waals surface area (Å²) < 4.78 is 25.6. The molecular weight excluding hydrogens is 282 g/mol. The third-order valence-electron chi connectivity index (χ3n) is 4.52. The van der Waals surface area contributed by atoms with Crippen molar-refractivity contribution in [2.75, 3.05) is 12.3 Å². The second-order valence-electron chi connectivity index (χ2n) is 6.74. The van der Waals surface area contributed by atoms with Crippen molar-refractivity contribution in [2.24, 2.45) is 5.73 Å². The standard InChI is InChI=1S/C16H24BFN2O2/c1-10-6-13(18)8-11(14(10)20)7-12(9-19)17-21-15(2,3)16(4,5)22-17/h6-8H,9,19-20H2,1-5H3. The largest absolute Gasteiger partial charge is 0.491 e. The lowest BCUT2D eigenvalue weighted by Crippen LogP contribution is -2.41. The Labute approximate surface area is 131 Å². The van der Waals surface area contributed by atoms with E-state index in [1.807, 2.05) is 27.7 Å². The lowest BCUT2D eigenvalue weighted by Gasteiger charge is -2.32. The molecule has 0 spiro atoms. The summed E-state index contributed by atoms with van der Waals surface area (Å²) in [6.07, 6.45) is 1.76. The van der Waals surface area contributed by atoms with Crippen LogP contribution in [0.2, 0.25) is 0 Å². The van der Waals surface area contributed by atoms with E-state index in [9.17, 15) is 4.39 Å². The predicted molar refractivity (Wildman–Crippen MR) is 88.7 cm³/mol. The van der Waals surface area contributed by atoms with Gasteiger partial charge in [0.15, 0.2) is 0 Å². The summed E-state index contributed by atoms with van der Waals surface area (Å²) in [5, 5.41) is 0. The lowest BCUT2D eigenvalue weighted by molar-refractivity contribution is 0.00578. The lowest BCUT2D eigenvalue weighted by atomic mass is 9.77. The minimum absolute atomic E-state index is 0.242. The van der Waals surface area contributed by atoms with Crippen LogP contribution in [0.5, 0.6) is 0 Å². The van der Waals surface area contributed by atoms with E-state index >= 15 is 0 Å². The molecule has 120 valence electrons. The monoisotopic (exact) mass is 306 g/mol.